The van der Waals surface area contributed by atoms with E-state index in [9.17, 15) is 0 Å². The lowest BCUT2D eigenvalue weighted by Gasteiger charge is -2.29. The van der Waals surface area contributed by atoms with Gasteiger partial charge >= 0.3 is 0 Å². The van der Waals surface area contributed by atoms with E-state index in [1.54, 1.807) is 7.11 Å². The van der Waals surface area contributed by atoms with E-state index < -0.39 is 0 Å². The van der Waals surface area contributed by atoms with E-state index in [0.29, 0.717) is 19.1 Å². The minimum absolute atomic E-state index is 0.0316. The number of nitrogens with zero attached hydrogens (tertiary/aromatic N) is 1. The maximum atomic E-state index is 6.05. The molecule has 5 heteroatoms. The third kappa shape index (κ3) is 4.13. The molecule has 0 saturated carbocycles. The fourth-order valence-corrected chi connectivity index (χ4v) is 2.60. The molecule has 5 nitrogen and oxygen atoms in total. The van der Waals surface area contributed by atoms with Gasteiger partial charge in [-0.2, -0.15) is 0 Å². The molecule has 0 spiro atoms. The lowest BCUT2D eigenvalue weighted by atomic mass is 9.89. The van der Waals surface area contributed by atoms with Gasteiger partial charge in [0, 0.05) is 19.1 Å². The van der Waals surface area contributed by atoms with Crippen molar-refractivity contribution < 1.29 is 9.47 Å². The van der Waals surface area contributed by atoms with Crippen molar-refractivity contribution >= 4 is 5.96 Å². The van der Waals surface area contributed by atoms with Crippen LogP contribution in [-0.2, 0) is 4.74 Å². The summed E-state index contributed by atoms with van der Waals surface area (Å²) in [6.45, 7) is 7.63. The predicted molar refractivity (Wildman–Crippen MR) is 89.2 cm³/mol. The Morgan fingerprint density at radius 1 is 1.45 bits per heavy atom. The molecular formula is C17H27N3O2. The van der Waals surface area contributed by atoms with E-state index in [4.69, 9.17) is 15.2 Å². The first-order chi connectivity index (χ1) is 10.4. The fourth-order valence-electron chi connectivity index (χ4n) is 2.60. The van der Waals surface area contributed by atoms with Gasteiger partial charge in [-0.05, 0) is 11.5 Å². The average molecular weight is 305 g/mol. The summed E-state index contributed by atoms with van der Waals surface area (Å²) in [6.07, 6.45) is 0.912. The van der Waals surface area contributed by atoms with Crippen LogP contribution >= 0.6 is 0 Å². The molecule has 1 aromatic carbocycles. The van der Waals surface area contributed by atoms with Gasteiger partial charge in [-0.15, -0.1) is 0 Å². The number of guanidine groups is 1. The van der Waals surface area contributed by atoms with Crippen molar-refractivity contribution in [3.8, 4) is 5.75 Å². The largest absolute Gasteiger partial charge is 0.493 e. The third-order valence-electron chi connectivity index (χ3n) is 3.96. The number of nitrogens with one attached hydrogen (secondary N) is 1. The van der Waals surface area contributed by atoms with Crippen LogP contribution in [0.15, 0.2) is 29.3 Å². The smallest absolute Gasteiger partial charge is 0.189 e. The molecular weight excluding hydrogens is 278 g/mol. The molecule has 22 heavy (non-hydrogen) atoms. The molecule has 0 bridgehead atoms. The molecule has 0 saturated heterocycles. The highest BCUT2D eigenvalue weighted by atomic mass is 16.5. The van der Waals surface area contributed by atoms with E-state index in [1.165, 1.54) is 0 Å². The second kappa shape index (κ2) is 7.01. The van der Waals surface area contributed by atoms with Gasteiger partial charge in [0.1, 0.15) is 5.75 Å². The number of nitrogens with two attached hydrogens (primary N) is 1. The van der Waals surface area contributed by atoms with Crippen LogP contribution in [0.2, 0.25) is 0 Å². The minimum Gasteiger partial charge on any atom is -0.493 e. The van der Waals surface area contributed by atoms with Gasteiger partial charge in [0.25, 0.3) is 0 Å². The molecule has 2 rings (SSSR count). The summed E-state index contributed by atoms with van der Waals surface area (Å²) < 4.78 is 11.2. The van der Waals surface area contributed by atoms with Gasteiger partial charge in [0.05, 0.1) is 25.3 Å². The maximum Gasteiger partial charge on any atom is 0.189 e. The summed E-state index contributed by atoms with van der Waals surface area (Å²) in [5, 5.41) is 3.30. The molecule has 1 aliphatic heterocycles. The van der Waals surface area contributed by atoms with Crippen molar-refractivity contribution in [1.29, 1.82) is 0 Å². The summed E-state index contributed by atoms with van der Waals surface area (Å²) in [7, 11) is 1.71. The molecule has 0 radical (unpaired) electrons. The van der Waals surface area contributed by atoms with Gasteiger partial charge in [-0.1, -0.05) is 39.0 Å². The van der Waals surface area contributed by atoms with Crippen molar-refractivity contribution in [2.45, 2.75) is 39.3 Å². The Hall–Kier alpha value is -1.75. The Morgan fingerprint density at radius 2 is 2.18 bits per heavy atom. The Morgan fingerprint density at radius 3 is 2.86 bits per heavy atom. The quantitative estimate of drug-likeness (QED) is 0.662. The van der Waals surface area contributed by atoms with Crippen LogP contribution in [0.25, 0.3) is 0 Å². The molecule has 1 aromatic rings. The Labute approximate surface area is 132 Å². The second-order valence-electron chi connectivity index (χ2n) is 6.69. The van der Waals surface area contributed by atoms with Gasteiger partial charge in [-0.25, -0.2) is 0 Å². The summed E-state index contributed by atoms with van der Waals surface area (Å²) in [5.74, 6) is 1.37. The van der Waals surface area contributed by atoms with Gasteiger partial charge in [-0.3, -0.25) is 4.99 Å². The van der Waals surface area contributed by atoms with Crippen molar-refractivity contribution in [3.63, 3.8) is 0 Å². The summed E-state index contributed by atoms with van der Waals surface area (Å²) in [6, 6.07) is 8.18. The number of ether oxygens (including phenoxy) is 2. The summed E-state index contributed by atoms with van der Waals surface area (Å²) in [5.41, 5.74) is 7.21. The number of rotatable bonds is 4. The first-order valence-corrected chi connectivity index (χ1v) is 7.73. The number of para-hydroxylation sites is 1. The molecule has 0 amide bonds. The zero-order valence-corrected chi connectivity index (χ0v) is 13.9. The molecule has 0 aromatic heterocycles. The monoisotopic (exact) mass is 305 g/mol. The zero-order chi connectivity index (χ0) is 16.2. The van der Waals surface area contributed by atoms with Gasteiger partial charge in [0.2, 0.25) is 0 Å². The highest BCUT2D eigenvalue weighted by molar-refractivity contribution is 5.78. The van der Waals surface area contributed by atoms with Crippen LogP contribution < -0.4 is 15.8 Å². The van der Waals surface area contributed by atoms with Crippen molar-refractivity contribution in [2.24, 2.45) is 16.1 Å². The highest BCUT2D eigenvalue weighted by Gasteiger charge is 2.25. The molecule has 122 valence electrons. The highest BCUT2D eigenvalue weighted by Crippen LogP contribution is 2.31. The van der Waals surface area contributed by atoms with Crippen LogP contribution in [0.3, 0.4) is 0 Å². The lowest BCUT2D eigenvalue weighted by molar-refractivity contribution is 0.0241. The molecule has 1 aliphatic rings. The van der Waals surface area contributed by atoms with Crippen LogP contribution in [0.4, 0.5) is 0 Å². The lowest BCUT2D eigenvalue weighted by Crippen LogP contribution is -2.39. The Kier molecular flexibility index (Phi) is 5.29. The molecule has 0 fully saturated rings. The number of fused-ring (bicyclic) bond motifs is 1. The van der Waals surface area contributed by atoms with Gasteiger partial charge in [0.15, 0.2) is 5.96 Å². The maximum absolute atomic E-state index is 6.05. The molecule has 3 N–H and O–H groups in total. The third-order valence-corrected chi connectivity index (χ3v) is 3.96. The van der Waals surface area contributed by atoms with Crippen LogP contribution in [0, 0.1) is 5.41 Å². The van der Waals surface area contributed by atoms with Crippen LogP contribution in [-0.4, -0.2) is 32.3 Å². The fraction of sp³-hybridized carbons (Fsp3) is 0.588. The predicted octanol–water partition coefficient (Wildman–Crippen LogP) is 2.48. The molecule has 2 atom stereocenters. The molecule has 0 aliphatic carbocycles. The van der Waals surface area contributed by atoms with E-state index in [-0.39, 0.29) is 17.6 Å². The topological polar surface area (TPSA) is 68.9 Å². The number of hydrogen-bond donors (Lipinski definition) is 2. The van der Waals surface area contributed by atoms with E-state index >= 15 is 0 Å². The van der Waals surface area contributed by atoms with E-state index in [2.05, 4.69) is 37.1 Å². The number of aliphatic imine (C=N–C) groups is 1. The SMILES string of the molecule is COC(CN=C(N)NC1CCOc2ccccc21)C(C)(C)C. The summed E-state index contributed by atoms with van der Waals surface area (Å²) >= 11 is 0. The zero-order valence-electron chi connectivity index (χ0n) is 13.9. The number of benzene rings is 1. The van der Waals surface area contributed by atoms with Crippen molar-refractivity contribution in [1.82, 2.24) is 5.32 Å². The average Bonchev–Trinajstić information content (AvgIpc) is 2.47. The molecule has 1 heterocycles. The minimum atomic E-state index is 0.0316. The normalized spacial score (nSPS) is 20.0. The van der Waals surface area contributed by atoms with E-state index in [0.717, 1.165) is 17.7 Å². The first kappa shape index (κ1) is 16.6. The van der Waals surface area contributed by atoms with Crippen LogP contribution in [0.1, 0.15) is 38.8 Å². The van der Waals surface area contributed by atoms with Crippen molar-refractivity contribution in [3.05, 3.63) is 29.8 Å². The Bertz CT molecular complexity index is 523. The Balaban J connectivity index is 2.00. The number of hydrogen-bond acceptors (Lipinski definition) is 3. The first-order valence-electron chi connectivity index (χ1n) is 7.73. The standard InChI is InChI=1S/C17H27N3O2/c1-17(2,3)15(21-4)11-19-16(18)20-13-9-10-22-14-8-6-5-7-12(13)14/h5-8,13,15H,9-11H2,1-4H3,(H3,18,19,20). The summed E-state index contributed by atoms with van der Waals surface area (Å²) in [4.78, 5) is 4.45. The van der Waals surface area contributed by atoms with Gasteiger partial charge < -0.3 is 20.5 Å². The second-order valence-corrected chi connectivity index (χ2v) is 6.69. The van der Waals surface area contributed by atoms with Crippen LogP contribution in [0.5, 0.6) is 5.75 Å². The van der Waals surface area contributed by atoms with Crippen molar-refractivity contribution in [2.75, 3.05) is 20.3 Å². The number of methoxy groups -OCH3 is 1. The van der Waals surface area contributed by atoms with E-state index in [1.807, 2.05) is 18.2 Å². The molecule has 2 unspecified atom stereocenters.